The van der Waals surface area contributed by atoms with Crippen molar-refractivity contribution in [2.45, 2.75) is 13.5 Å². The van der Waals surface area contributed by atoms with Crippen molar-refractivity contribution in [3.05, 3.63) is 51.7 Å². The molecule has 164 valence electrons. The number of aryl methyl sites for hydroxylation is 1. The summed E-state index contributed by atoms with van der Waals surface area (Å²) in [6.45, 7) is 2.87. The van der Waals surface area contributed by atoms with Crippen LogP contribution in [0.5, 0.6) is 0 Å². The Morgan fingerprint density at radius 2 is 1.74 bits per heavy atom. The Labute approximate surface area is 175 Å². The molecule has 0 spiro atoms. The number of aromatic carboxylic acids is 1. The van der Waals surface area contributed by atoms with Gasteiger partial charge in [0.25, 0.3) is 0 Å². The maximum atomic E-state index is 14.9. The normalized spacial score (nSPS) is 14.7. The second-order valence-electron chi connectivity index (χ2n) is 6.93. The molecule has 0 unspecified atom stereocenters. The number of carbonyl (C=O) groups is 3. The van der Waals surface area contributed by atoms with E-state index >= 15 is 0 Å². The average Bonchev–Trinajstić information content (AvgIpc) is 2.72. The Hall–Kier alpha value is -3.89. The van der Waals surface area contributed by atoms with E-state index in [0.29, 0.717) is 18.1 Å². The molecular formula is C20H20FN3O7. The fourth-order valence-electron chi connectivity index (χ4n) is 3.65. The van der Waals surface area contributed by atoms with E-state index < -0.39 is 34.7 Å². The number of carboxylic acid groups (broad SMARTS) is 3. The molecule has 0 radical (unpaired) electrons. The Morgan fingerprint density at radius 3 is 2.26 bits per heavy atom. The summed E-state index contributed by atoms with van der Waals surface area (Å²) in [6.07, 6.45) is 1.84. The molecular weight excluding hydrogens is 413 g/mol. The van der Waals surface area contributed by atoms with Gasteiger partial charge in [-0.05, 0) is 19.1 Å². The van der Waals surface area contributed by atoms with Crippen molar-refractivity contribution in [3.63, 3.8) is 0 Å². The van der Waals surface area contributed by atoms with Crippen LogP contribution < -0.4 is 10.3 Å². The Balaban J connectivity index is 1.96. The van der Waals surface area contributed by atoms with Crippen molar-refractivity contribution in [3.8, 4) is 0 Å². The number of fused-ring (bicyclic) bond motifs is 1. The zero-order chi connectivity index (χ0) is 22.9. The van der Waals surface area contributed by atoms with Crippen LogP contribution in [0.3, 0.4) is 0 Å². The third kappa shape index (κ3) is 4.20. The number of aliphatic carboxylic acids is 2. The van der Waals surface area contributed by atoms with E-state index in [4.69, 9.17) is 5.11 Å². The first kappa shape index (κ1) is 21.8. The summed E-state index contributed by atoms with van der Waals surface area (Å²) in [4.78, 5) is 49.1. The van der Waals surface area contributed by atoms with Crippen LogP contribution in [0.4, 0.5) is 10.1 Å². The summed E-state index contributed by atoms with van der Waals surface area (Å²) < 4.78 is 16.4. The molecule has 3 N–H and O–H groups in total. The van der Waals surface area contributed by atoms with Crippen LogP contribution >= 0.6 is 0 Å². The van der Waals surface area contributed by atoms with Crippen molar-refractivity contribution >= 4 is 34.5 Å². The molecule has 0 saturated carbocycles. The second-order valence-corrected chi connectivity index (χ2v) is 6.93. The summed E-state index contributed by atoms with van der Waals surface area (Å²) in [6, 6.07) is 2.49. The van der Waals surface area contributed by atoms with Gasteiger partial charge in [0.05, 0.1) is 17.3 Å². The maximum absolute atomic E-state index is 14.9. The summed E-state index contributed by atoms with van der Waals surface area (Å²) in [5, 5.41) is 27.3. The van der Waals surface area contributed by atoms with Crippen LogP contribution in [-0.2, 0) is 16.1 Å². The lowest BCUT2D eigenvalue weighted by molar-refractivity contribution is -0.136. The van der Waals surface area contributed by atoms with E-state index in [9.17, 15) is 33.8 Å². The van der Waals surface area contributed by atoms with Gasteiger partial charge in [-0.1, -0.05) is 0 Å². The highest BCUT2D eigenvalue weighted by atomic mass is 19.1. The van der Waals surface area contributed by atoms with E-state index in [-0.39, 0.29) is 42.9 Å². The van der Waals surface area contributed by atoms with Crippen molar-refractivity contribution in [2.24, 2.45) is 0 Å². The fraction of sp³-hybridized carbons (Fsp3) is 0.300. The quantitative estimate of drug-likeness (QED) is 0.570. The lowest BCUT2D eigenvalue weighted by atomic mass is 10.1. The van der Waals surface area contributed by atoms with Gasteiger partial charge in [-0.2, -0.15) is 0 Å². The van der Waals surface area contributed by atoms with Gasteiger partial charge < -0.3 is 29.7 Å². The number of anilines is 1. The number of rotatable bonds is 6. The Kier molecular flexibility index (Phi) is 5.95. The van der Waals surface area contributed by atoms with Crippen LogP contribution in [0.25, 0.3) is 10.9 Å². The predicted octanol–water partition coefficient (Wildman–Crippen LogP) is 1.03. The zero-order valence-corrected chi connectivity index (χ0v) is 16.5. The van der Waals surface area contributed by atoms with Crippen LogP contribution in [0.2, 0.25) is 0 Å². The minimum Gasteiger partial charge on any atom is -0.478 e. The van der Waals surface area contributed by atoms with Crippen molar-refractivity contribution in [1.82, 2.24) is 9.47 Å². The Morgan fingerprint density at radius 1 is 1.10 bits per heavy atom. The Bertz CT molecular complexity index is 1160. The summed E-state index contributed by atoms with van der Waals surface area (Å²) in [5.74, 6) is -4.84. The number of aromatic nitrogens is 1. The number of benzene rings is 1. The highest BCUT2D eigenvalue weighted by Gasteiger charge is 2.26. The van der Waals surface area contributed by atoms with Crippen LogP contribution in [0, 0.1) is 5.82 Å². The topological polar surface area (TPSA) is 140 Å². The molecule has 0 bridgehead atoms. The van der Waals surface area contributed by atoms with Crippen molar-refractivity contribution < 1.29 is 34.1 Å². The zero-order valence-electron chi connectivity index (χ0n) is 16.5. The van der Waals surface area contributed by atoms with E-state index in [2.05, 4.69) is 0 Å². The first-order valence-electron chi connectivity index (χ1n) is 9.41. The van der Waals surface area contributed by atoms with Gasteiger partial charge in [0, 0.05) is 44.3 Å². The number of piperazine rings is 1. The van der Waals surface area contributed by atoms with Gasteiger partial charge in [-0.3, -0.25) is 4.79 Å². The highest BCUT2D eigenvalue weighted by Crippen LogP contribution is 2.27. The van der Waals surface area contributed by atoms with Gasteiger partial charge in [-0.15, -0.1) is 0 Å². The lowest BCUT2D eigenvalue weighted by Crippen LogP contribution is -2.47. The van der Waals surface area contributed by atoms with Crippen LogP contribution in [0.1, 0.15) is 17.3 Å². The maximum Gasteiger partial charge on any atom is 0.352 e. The molecule has 1 aliphatic heterocycles. The minimum atomic E-state index is -1.39. The average molecular weight is 433 g/mol. The van der Waals surface area contributed by atoms with Gasteiger partial charge in [0.2, 0.25) is 5.43 Å². The number of hydrogen-bond acceptors (Lipinski definition) is 6. The summed E-state index contributed by atoms with van der Waals surface area (Å²) in [5.41, 5.74) is -0.995. The third-order valence-electron chi connectivity index (χ3n) is 5.16. The highest BCUT2D eigenvalue weighted by molar-refractivity contribution is 5.94. The molecule has 2 heterocycles. The first-order chi connectivity index (χ1) is 14.6. The SMILES string of the molecule is CCn1cc(C(=O)O)c(=O)c2cc(F)c(N3CCN(/C(=C\C(=O)O)C(=O)O)CC3)cc21. The predicted molar refractivity (Wildman–Crippen MR) is 108 cm³/mol. The molecule has 1 aliphatic rings. The van der Waals surface area contributed by atoms with Gasteiger partial charge in [0.15, 0.2) is 0 Å². The summed E-state index contributed by atoms with van der Waals surface area (Å²) in [7, 11) is 0. The first-order valence-corrected chi connectivity index (χ1v) is 9.41. The molecule has 1 aromatic carbocycles. The third-order valence-corrected chi connectivity index (χ3v) is 5.16. The van der Waals surface area contributed by atoms with E-state index in [0.717, 1.165) is 6.07 Å². The molecule has 3 rings (SSSR count). The van der Waals surface area contributed by atoms with Gasteiger partial charge in [0.1, 0.15) is 17.1 Å². The largest absolute Gasteiger partial charge is 0.478 e. The van der Waals surface area contributed by atoms with Crippen LogP contribution in [-0.4, -0.2) is 68.9 Å². The van der Waals surface area contributed by atoms with Crippen molar-refractivity contribution in [1.29, 1.82) is 0 Å². The van der Waals surface area contributed by atoms with Gasteiger partial charge >= 0.3 is 17.9 Å². The van der Waals surface area contributed by atoms with Gasteiger partial charge in [-0.25, -0.2) is 18.8 Å². The number of halogens is 1. The lowest BCUT2D eigenvalue weighted by Gasteiger charge is -2.37. The molecule has 1 fully saturated rings. The van der Waals surface area contributed by atoms with Crippen LogP contribution in [0.15, 0.2) is 34.9 Å². The standard InChI is InChI=1S/C20H20FN3O7/c1-2-22-10-12(19(28)29)18(27)11-7-13(21)15(8-14(11)22)23-3-5-24(6-4-23)16(20(30)31)9-17(25)26/h7-10H,2-6H2,1H3,(H,25,26)(H,28,29)(H,30,31)/b16-9-. The second kappa shape index (κ2) is 8.46. The smallest absolute Gasteiger partial charge is 0.352 e. The molecule has 0 aliphatic carbocycles. The molecule has 0 atom stereocenters. The molecule has 10 nitrogen and oxygen atoms in total. The monoisotopic (exact) mass is 433 g/mol. The number of nitrogens with zero attached hydrogens (tertiary/aromatic N) is 3. The minimum absolute atomic E-state index is 0.0424. The molecule has 2 aromatic rings. The molecule has 11 heteroatoms. The molecule has 0 amide bonds. The van der Waals surface area contributed by atoms with Crippen molar-refractivity contribution in [2.75, 3.05) is 31.1 Å². The molecule has 31 heavy (non-hydrogen) atoms. The summed E-state index contributed by atoms with van der Waals surface area (Å²) >= 11 is 0. The van der Waals surface area contributed by atoms with E-state index in [1.54, 1.807) is 16.4 Å². The number of hydrogen-bond donors (Lipinski definition) is 3. The number of carboxylic acids is 3. The van der Waals surface area contributed by atoms with E-state index in [1.807, 2.05) is 0 Å². The molecule has 1 aromatic heterocycles. The number of pyridine rings is 1. The molecule has 1 saturated heterocycles. The fourth-order valence-corrected chi connectivity index (χ4v) is 3.65. The van der Waals surface area contributed by atoms with E-state index in [1.165, 1.54) is 17.2 Å².